The van der Waals surface area contributed by atoms with Crippen LogP contribution in [0.5, 0.6) is 0 Å². The van der Waals surface area contributed by atoms with Gasteiger partial charge in [-0.3, -0.25) is 9.69 Å². The second kappa shape index (κ2) is 8.63. The summed E-state index contributed by atoms with van der Waals surface area (Å²) in [7, 11) is 1.60. The quantitative estimate of drug-likeness (QED) is 0.709. The van der Waals surface area contributed by atoms with Crippen molar-refractivity contribution >= 4 is 5.91 Å². The molecule has 20 heavy (non-hydrogen) atoms. The number of likely N-dealkylation sites (N-methyl/N-ethyl adjacent to an activating group) is 1. The lowest BCUT2D eigenvalue weighted by molar-refractivity contribution is -0.131. The Morgan fingerprint density at radius 3 is 2.35 bits per heavy atom. The molecule has 0 unspecified atom stereocenters. The van der Waals surface area contributed by atoms with Crippen LogP contribution >= 0.6 is 0 Å². The zero-order valence-electron chi connectivity index (χ0n) is 11.6. The van der Waals surface area contributed by atoms with Crippen LogP contribution in [0.1, 0.15) is 5.56 Å². The first-order valence-electron chi connectivity index (χ1n) is 6.50. The molecule has 0 radical (unpaired) electrons. The van der Waals surface area contributed by atoms with Crippen LogP contribution in [0.3, 0.4) is 0 Å². The van der Waals surface area contributed by atoms with Crippen molar-refractivity contribution in [3.8, 4) is 0 Å². The average Bonchev–Trinajstić information content (AvgIpc) is 2.41. The molecule has 0 atom stereocenters. The van der Waals surface area contributed by atoms with E-state index in [2.05, 4.69) is 0 Å². The van der Waals surface area contributed by atoms with Gasteiger partial charge in [-0.25, -0.2) is 4.39 Å². The second-order valence-electron chi connectivity index (χ2n) is 4.56. The molecule has 0 aliphatic rings. The number of aliphatic hydroxyl groups excluding tert-OH is 2. The van der Waals surface area contributed by atoms with Crippen molar-refractivity contribution in [2.75, 3.05) is 39.9 Å². The third-order valence-electron chi connectivity index (χ3n) is 2.98. The van der Waals surface area contributed by atoms with Gasteiger partial charge in [0.2, 0.25) is 5.91 Å². The predicted molar refractivity (Wildman–Crippen MR) is 73.5 cm³/mol. The molecule has 1 rings (SSSR count). The maximum absolute atomic E-state index is 13.5. The molecule has 2 N–H and O–H groups in total. The fourth-order valence-corrected chi connectivity index (χ4v) is 1.84. The Balaban J connectivity index is 2.56. The standard InChI is InChI=1S/C14H21FN2O3/c1-16(10-12-4-2-3-5-13(12)15)14(20)11-17(6-8-18)7-9-19/h2-5,18-19H,6-11H2,1H3. The predicted octanol–water partition coefficient (Wildman–Crippen LogP) is 0.0707. The summed E-state index contributed by atoms with van der Waals surface area (Å²) in [6.45, 7) is 0.762. The van der Waals surface area contributed by atoms with E-state index in [9.17, 15) is 9.18 Å². The van der Waals surface area contributed by atoms with E-state index >= 15 is 0 Å². The van der Waals surface area contributed by atoms with E-state index in [4.69, 9.17) is 10.2 Å². The van der Waals surface area contributed by atoms with Crippen LogP contribution < -0.4 is 0 Å². The van der Waals surface area contributed by atoms with E-state index < -0.39 is 0 Å². The molecule has 0 aliphatic carbocycles. The van der Waals surface area contributed by atoms with Crippen molar-refractivity contribution in [1.29, 1.82) is 0 Å². The fourth-order valence-electron chi connectivity index (χ4n) is 1.84. The molecule has 0 heterocycles. The molecule has 1 aromatic rings. The monoisotopic (exact) mass is 284 g/mol. The number of rotatable bonds is 8. The lowest BCUT2D eigenvalue weighted by atomic mass is 10.2. The van der Waals surface area contributed by atoms with Crippen LogP contribution in [0.25, 0.3) is 0 Å². The summed E-state index contributed by atoms with van der Waals surface area (Å²) in [6.07, 6.45) is 0. The number of nitrogens with zero attached hydrogens (tertiary/aromatic N) is 2. The molecule has 0 aliphatic heterocycles. The molecule has 5 nitrogen and oxygen atoms in total. The molecule has 0 saturated carbocycles. The molecule has 0 aromatic heterocycles. The van der Waals surface area contributed by atoms with Gasteiger partial charge >= 0.3 is 0 Å². The van der Waals surface area contributed by atoms with Crippen molar-refractivity contribution in [1.82, 2.24) is 9.80 Å². The van der Waals surface area contributed by atoms with Gasteiger partial charge in [0.25, 0.3) is 0 Å². The summed E-state index contributed by atoms with van der Waals surface area (Å²) in [4.78, 5) is 15.1. The van der Waals surface area contributed by atoms with Gasteiger partial charge in [0, 0.05) is 32.2 Å². The van der Waals surface area contributed by atoms with Gasteiger partial charge in [0.05, 0.1) is 19.8 Å². The van der Waals surface area contributed by atoms with Gasteiger partial charge in [-0.1, -0.05) is 18.2 Å². The van der Waals surface area contributed by atoms with Crippen LogP contribution in [-0.2, 0) is 11.3 Å². The zero-order chi connectivity index (χ0) is 15.0. The van der Waals surface area contributed by atoms with Gasteiger partial charge in [0.1, 0.15) is 5.82 Å². The summed E-state index contributed by atoms with van der Waals surface area (Å²) in [5.74, 6) is -0.523. The van der Waals surface area contributed by atoms with Gasteiger partial charge in [0.15, 0.2) is 0 Å². The Kier molecular flexibility index (Phi) is 7.14. The summed E-state index contributed by atoms with van der Waals surface area (Å²) in [5.41, 5.74) is 0.458. The molecular formula is C14H21FN2O3. The molecule has 6 heteroatoms. The Morgan fingerprint density at radius 2 is 1.80 bits per heavy atom. The lowest BCUT2D eigenvalue weighted by Gasteiger charge is -2.24. The Hall–Kier alpha value is -1.50. The molecule has 0 fully saturated rings. The highest BCUT2D eigenvalue weighted by molar-refractivity contribution is 5.78. The number of amides is 1. The summed E-state index contributed by atoms with van der Waals surface area (Å²) in [6, 6.07) is 6.32. The number of benzene rings is 1. The highest BCUT2D eigenvalue weighted by Crippen LogP contribution is 2.09. The van der Waals surface area contributed by atoms with Crippen molar-refractivity contribution in [2.24, 2.45) is 0 Å². The van der Waals surface area contributed by atoms with Crippen molar-refractivity contribution in [3.63, 3.8) is 0 Å². The zero-order valence-corrected chi connectivity index (χ0v) is 11.6. The minimum absolute atomic E-state index is 0.0791. The molecule has 1 aromatic carbocycles. The number of carbonyl (C=O) groups is 1. The van der Waals surface area contributed by atoms with Crippen LogP contribution in [0, 0.1) is 5.82 Å². The molecule has 0 spiro atoms. The van der Waals surface area contributed by atoms with Crippen LogP contribution in [0.4, 0.5) is 4.39 Å². The molecular weight excluding hydrogens is 263 g/mol. The third-order valence-corrected chi connectivity index (χ3v) is 2.98. The van der Waals surface area contributed by atoms with Crippen LogP contribution in [-0.4, -0.2) is 65.8 Å². The first kappa shape index (κ1) is 16.6. The Bertz CT molecular complexity index is 423. The first-order chi connectivity index (χ1) is 9.58. The fraction of sp³-hybridized carbons (Fsp3) is 0.500. The van der Waals surface area contributed by atoms with Gasteiger partial charge in [-0.15, -0.1) is 0 Å². The first-order valence-corrected chi connectivity index (χ1v) is 6.50. The number of hydrogen-bond donors (Lipinski definition) is 2. The number of aliphatic hydroxyl groups is 2. The topological polar surface area (TPSA) is 64.0 Å². The Labute approximate surface area is 118 Å². The molecule has 0 saturated heterocycles. The summed E-state index contributed by atoms with van der Waals surface area (Å²) in [5, 5.41) is 17.8. The highest BCUT2D eigenvalue weighted by atomic mass is 19.1. The van der Waals surface area contributed by atoms with Crippen LogP contribution in [0.15, 0.2) is 24.3 Å². The van der Waals surface area contributed by atoms with E-state index in [1.807, 2.05) is 0 Å². The highest BCUT2D eigenvalue weighted by Gasteiger charge is 2.15. The molecule has 0 bridgehead atoms. The minimum Gasteiger partial charge on any atom is -0.395 e. The van der Waals surface area contributed by atoms with Gasteiger partial charge < -0.3 is 15.1 Å². The Morgan fingerprint density at radius 1 is 1.20 bits per heavy atom. The normalized spacial score (nSPS) is 10.8. The maximum Gasteiger partial charge on any atom is 0.236 e. The smallest absolute Gasteiger partial charge is 0.236 e. The SMILES string of the molecule is CN(Cc1ccccc1F)C(=O)CN(CCO)CCO. The molecule has 1 amide bonds. The summed E-state index contributed by atoms with van der Waals surface area (Å²) < 4.78 is 13.5. The maximum atomic E-state index is 13.5. The van der Waals surface area contributed by atoms with Gasteiger partial charge in [-0.2, -0.15) is 0 Å². The van der Waals surface area contributed by atoms with E-state index in [0.717, 1.165) is 0 Å². The van der Waals surface area contributed by atoms with E-state index in [-0.39, 0.29) is 38.0 Å². The lowest BCUT2D eigenvalue weighted by Crippen LogP contribution is -2.40. The number of halogens is 1. The van der Waals surface area contributed by atoms with Gasteiger partial charge in [-0.05, 0) is 6.07 Å². The van der Waals surface area contributed by atoms with E-state index in [1.165, 1.54) is 11.0 Å². The molecule has 112 valence electrons. The van der Waals surface area contributed by atoms with Crippen LogP contribution in [0.2, 0.25) is 0 Å². The number of hydrogen-bond acceptors (Lipinski definition) is 4. The number of carbonyl (C=O) groups excluding carboxylic acids is 1. The largest absolute Gasteiger partial charge is 0.395 e. The minimum atomic E-state index is -0.338. The van der Waals surface area contributed by atoms with Crippen molar-refractivity contribution in [3.05, 3.63) is 35.6 Å². The van der Waals surface area contributed by atoms with Crippen molar-refractivity contribution < 1.29 is 19.4 Å². The third kappa shape index (κ3) is 5.24. The van der Waals surface area contributed by atoms with Crippen molar-refractivity contribution in [2.45, 2.75) is 6.54 Å². The van der Waals surface area contributed by atoms with E-state index in [1.54, 1.807) is 30.1 Å². The van der Waals surface area contributed by atoms with E-state index in [0.29, 0.717) is 18.7 Å². The second-order valence-corrected chi connectivity index (χ2v) is 4.56. The summed E-state index contributed by atoms with van der Waals surface area (Å²) >= 11 is 0. The average molecular weight is 284 g/mol.